The molecule has 2 heterocycles. The lowest BCUT2D eigenvalue weighted by Gasteiger charge is -2.30. The molecule has 0 bridgehead atoms. The summed E-state index contributed by atoms with van der Waals surface area (Å²) in [7, 11) is 0. The number of carbonyl (C=O) groups is 3. The second-order valence-electron chi connectivity index (χ2n) is 5.89. The fourth-order valence-electron chi connectivity index (χ4n) is 3.25. The van der Waals surface area contributed by atoms with E-state index in [0.29, 0.717) is 22.4 Å². The topological polar surface area (TPSA) is 74.7 Å². The molecule has 5 nitrogen and oxygen atoms in total. The normalized spacial score (nSPS) is 22.9. The zero-order valence-corrected chi connectivity index (χ0v) is 15.2. The number of alkyl halides is 1. The first-order chi connectivity index (χ1) is 11.8. The van der Waals surface area contributed by atoms with Crippen molar-refractivity contribution in [2.75, 3.05) is 6.26 Å². The number of halogens is 1. The van der Waals surface area contributed by atoms with Crippen molar-refractivity contribution in [1.29, 1.82) is 0 Å². The van der Waals surface area contributed by atoms with Crippen LogP contribution in [0, 0.1) is 0 Å². The van der Waals surface area contributed by atoms with Gasteiger partial charge < -0.3 is 10.0 Å². The molecular weight excluding hydrogens is 365 g/mol. The Hall–Kier alpha value is -1.93. The lowest BCUT2D eigenvalue weighted by molar-refractivity contribution is -0.136. The van der Waals surface area contributed by atoms with E-state index in [1.807, 2.05) is 6.26 Å². The lowest BCUT2D eigenvalue weighted by Crippen LogP contribution is -2.41. The number of hydrogen-bond acceptors (Lipinski definition) is 5. The molecule has 2 aliphatic rings. The van der Waals surface area contributed by atoms with Crippen LogP contribution in [-0.2, 0) is 9.59 Å². The first-order valence-corrected chi connectivity index (χ1v) is 9.71. The number of thiophene rings is 1. The van der Waals surface area contributed by atoms with E-state index in [1.165, 1.54) is 28.0 Å². The first-order valence-electron chi connectivity index (χ1n) is 7.61. The van der Waals surface area contributed by atoms with Crippen LogP contribution in [0.25, 0.3) is 0 Å². The van der Waals surface area contributed by atoms with Crippen molar-refractivity contribution in [2.24, 2.45) is 0 Å². The molecule has 1 aliphatic carbocycles. The number of allylic oxidation sites excluding steroid dienone is 2. The van der Waals surface area contributed by atoms with Crippen LogP contribution in [0.2, 0.25) is 0 Å². The van der Waals surface area contributed by atoms with Gasteiger partial charge in [0.25, 0.3) is 5.91 Å². The second kappa shape index (κ2) is 6.76. The van der Waals surface area contributed by atoms with Crippen molar-refractivity contribution < 1.29 is 23.9 Å². The van der Waals surface area contributed by atoms with E-state index in [4.69, 9.17) is 5.11 Å². The van der Waals surface area contributed by atoms with Crippen LogP contribution >= 0.6 is 23.1 Å². The van der Waals surface area contributed by atoms with E-state index in [-0.39, 0.29) is 18.7 Å². The summed E-state index contributed by atoms with van der Waals surface area (Å²) < 4.78 is 14.9. The van der Waals surface area contributed by atoms with E-state index in [9.17, 15) is 18.8 Å². The fourth-order valence-corrected chi connectivity index (χ4v) is 4.63. The van der Waals surface area contributed by atoms with Crippen LogP contribution in [-0.4, -0.2) is 46.1 Å². The fraction of sp³-hybridized carbons (Fsp3) is 0.353. The Bertz CT molecular complexity index is 826. The molecule has 8 heteroatoms. The van der Waals surface area contributed by atoms with Gasteiger partial charge in [-0.3, -0.25) is 14.4 Å². The van der Waals surface area contributed by atoms with Crippen LogP contribution in [0.1, 0.15) is 30.1 Å². The number of carboxylic acid groups (broad SMARTS) is 1. The monoisotopic (exact) mass is 381 g/mol. The predicted molar refractivity (Wildman–Crippen MR) is 93.6 cm³/mol. The van der Waals surface area contributed by atoms with Gasteiger partial charge in [0, 0.05) is 17.5 Å². The number of hydrogen-bond donors (Lipinski definition) is 1. The third-order valence-electron chi connectivity index (χ3n) is 4.42. The van der Waals surface area contributed by atoms with E-state index in [0.717, 1.165) is 10.3 Å². The van der Waals surface area contributed by atoms with Gasteiger partial charge in [0.2, 0.25) is 0 Å². The molecule has 1 amide bonds. The molecule has 0 fully saturated rings. The van der Waals surface area contributed by atoms with Gasteiger partial charge >= 0.3 is 5.97 Å². The molecule has 0 saturated heterocycles. The standard InChI is InChI=1S/C17H16FNO4S2/c1-8-10(5-15(21)22)11-4-14(20)12(18)6-13(11)19(8)17(23)9-3-16(24-2)25-7-9/h3-4,7,12-13H,5-6H2,1-2H3,(H,21,22). The van der Waals surface area contributed by atoms with Gasteiger partial charge in [-0.05, 0) is 36.5 Å². The van der Waals surface area contributed by atoms with Gasteiger partial charge in [0.1, 0.15) is 0 Å². The number of thioether (sulfide) groups is 1. The van der Waals surface area contributed by atoms with E-state index in [2.05, 4.69) is 0 Å². The number of aliphatic carboxylic acids is 1. The molecule has 2 atom stereocenters. The first kappa shape index (κ1) is 17.9. The molecule has 1 aromatic heterocycles. The van der Waals surface area contributed by atoms with E-state index < -0.39 is 24.0 Å². The van der Waals surface area contributed by atoms with Gasteiger partial charge in [0.15, 0.2) is 12.0 Å². The SMILES string of the molecule is CSc1cc(C(=O)N2C(C)=C(CC(=O)O)C3=CC(=O)C(F)CC32)cs1. The molecule has 1 N–H and O–H groups in total. The van der Waals surface area contributed by atoms with Gasteiger partial charge in [0.05, 0.1) is 22.2 Å². The van der Waals surface area contributed by atoms with Crippen molar-refractivity contribution in [2.45, 2.75) is 36.2 Å². The number of nitrogens with zero attached hydrogens (tertiary/aromatic N) is 1. The maximum Gasteiger partial charge on any atom is 0.307 e. The summed E-state index contributed by atoms with van der Waals surface area (Å²) in [6.07, 6.45) is 0.950. The Kier molecular flexibility index (Phi) is 4.83. The van der Waals surface area contributed by atoms with Gasteiger partial charge in [-0.2, -0.15) is 0 Å². The molecule has 0 saturated carbocycles. The Morgan fingerprint density at radius 2 is 2.20 bits per heavy atom. The molecule has 25 heavy (non-hydrogen) atoms. The number of carbonyl (C=O) groups excluding carboxylic acids is 2. The predicted octanol–water partition coefficient (Wildman–Crippen LogP) is 3.28. The highest BCUT2D eigenvalue weighted by Crippen LogP contribution is 2.41. The zero-order valence-electron chi connectivity index (χ0n) is 13.6. The number of rotatable bonds is 4. The summed E-state index contributed by atoms with van der Waals surface area (Å²) in [6, 6.07) is 1.14. The smallest absolute Gasteiger partial charge is 0.307 e. The van der Waals surface area contributed by atoms with E-state index >= 15 is 0 Å². The van der Waals surface area contributed by atoms with Crippen LogP contribution in [0.3, 0.4) is 0 Å². The average molecular weight is 381 g/mol. The molecule has 132 valence electrons. The van der Waals surface area contributed by atoms with Crippen molar-refractivity contribution in [3.05, 3.63) is 39.9 Å². The lowest BCUT2D eigenvalue weighted by atomic mass is 9.88. The molecule has 2 unspecified atom stereocenters. The minimum Gasteiger partial charge on any atom is -0.481 e. The Labute approximate surface area is 152 Å². The molecule has 0 spiro atoms. The molecule has 1 aliphatic heterocycles. The summed E-state index contributed by atoms with van der Waals surface area (Å²) in [5, 5.41) is 10.9. The second-order valence-corrected chi connectivity index (χ2v) is 7.91. The molecule has 0 radical (unpaired) electrons. The molecule has 0 aromatic carbocycles. The highest BCUT2D eigenvalue weighted by Gasteiger charge is 2.43. The van der Waals surface area contributed by atoms with Gasteiger partial charge in [-0.15, -0.1) is 23.1 Å². The number of carboxylic acids is 1. The summed E-state index contributed by atoms with van der Waals surface area (Å²) in [4.78, 5) is 37.3. The van der Waals surface area contributed by atoms with Crippen LogP contribution < -0.4 is 0 Å². The van der Waals surface area contributed by atoms with Crippen LogP contribution in [0.4, 0.5) is 4.39 Å². The largest absolute Gasteiger partial charge is 0.481 e. The van der Waals surface area contributed by atoms with Crippen LogP contribution in [0.15, 0.2) is 38.6 Å². The summed E-state index contributed by atoms with van der Waals surface area (Å²) in [5.74, 6) is -2.03. The third-order valence-corrected chi connectivity index (χ3v) is 6.46. The quantitative estimate of drug-likeness (QED) is 0.810. The minimum atomic E-state index is -1.68. The molecule has 1 aromatic rings. The maximum atomic E-state index is 14.0. The van der Waals surface area contributed by atoms with Crippen molar-refractivity contribution >= 4 is 40.8 Å². The maximum absolute atomic E-state index is 14.0. The highest BCUT2D eigenvalue weighted by molar-refractivity contribution is 8.00. The summed E-state index contributed by atoms with van der Waals surface area (Å²) in [5.41, 5.74) is 1.83. The van der Waals surface area contributed by atoms with Gasteiger partial charge in [-0.1, -0.05) is 0 Å². The Morgan fingerprint density at radius 3 is 2.80 bits per heavy atom. The van der Waals surface area contributed by atoms with Crippen molar-refractivity contribution in [3.8, 4) is 0 Å². The zero-order chi connectivity index (χ0) is 18.3. The Morgan fingerprint density at radius 1 is 1.48 bits per heavy atom. The van der Waals surface area contributed by atoms with Crippen LogP contribution in [0.5, 0.6) is 0 Å². The van der Waals surface area contributed by atoms with E-state index in [1.54, 1.807) is 18.4 Å². The van der Waals surface area contributed by atoms with Crippen molar-refractivity contribution in [3.63, 3.8) is 0 Å². The van der Waals surface area contributed by atoms with Crippen molar-refractivity contribution in [1.82, 2.24) is 4.90 Å². The molecule has 3 rings (SSSR count). The number of ketones is 1. The Balaban J connectivity index is 2.03. The summed E-state index contributed by atoms with van der Waals surface area (Å²) >= 11 is 2.97. The average Bonchev–Trinajstić information content (AvgIpc) is 3.12. The highest BCUT2D eigenvalue weighted by atomic mass is 32.2. The number of fused-ring (bicyclic) bond motifs is 1. The molecular formula is C17H16FNO4S2. The number of amides is 1. The summed E-state index contributed by atoms with van der Waals surface area (Å²) in [6.45, 7) is 1.65. The minimum absolute atomic E-state index is 0.142. The van der Waals surface area contributed by atoms with Gasteiger partial charge in [-0.25, -0.2) is 4.39 Å². The third kappa shape index (κ3) is 3.16.